The molecule has 0 saturated carbocycles. The van der Waals surface area contributed by atoms with Crippen LogP contribution in [0, 0.1) is 5.82 Å². The second-order valence-corrected chi connectivity index (χ2v) is 8.18. The summed E-state index contributed by atoms with van der Waals surface area (Å²) < 4.78 is 24.9. The minimum absolute atomic E-state index is 0.0400. The van der Waals surface area contributed by atoms with Gasteiger partial charge in [-0.3, -0.25) is 14.9 Å². The molecule has 1 N–H and O–H groups in total. The van der Waals surface area contributed by atoms with Gasteiger partial charge in [0.15, 0.2) is 11.5 Å². The topological polar surface area (TPSA) is 102 Å². The number of amides is 4. The molecule has 0 unspecified atom stereocenters. The number of imide groups is 2. The fraction of sp³-hybridized carbons (Fsp3) is 0.0400. The van der Waals surface area contributed by atoms with Crippen LogP contribution < -0.4 is 19.7 Å². The number of hydrogen-bond acceptors (Lipinski definition) is 6. The van der Waals surface area contributed by atoms with Crippen LogP contribution in [-0.4, -0.2) is 30.9 Å². The van der Waals surface area contributed by atoms with Gasteiger partial charge in [0.05, 0.1) is 23.4 Å². The minimum atomic E-state index is -1.08. The fourth-order valence-corrected chi connectivity index (χ4v) is 3.83. The number of nitrogens with one attached hydrogen (secondary N) is 1. The Balaban J connectivity index is 1.64. The average Bonchev–Trinajstić information content (AvgIpc) is 2.83. The summed E-state index contributed by atoms with van der Waals surface area (Å²) in [6, 6.07) is 12.6. The Hall–Kier alpha value is -4.21. The normalized spacial score (nSPS) is 14.6. The van der Waals surface area contributed by atoms with E-state index in [2.05, 4.69) is 0 Å². The molecule has 3 aromatic rings. The van der Waals surface area contributed by atoms with E-state index in [4.69, 9.17) is 32.7 Å². The maximum absolute atomic E-state index is 14.2. The molecule has 8 nitrogen and oxygen atoms in total. The fourth-order valence-electron chi connectivity index (χ4n) is 3.34. The molecule has 4 rings (SSSR count). The third-order valence-corrected chi connectivity index (χ3v) is 5.60. The molecule has 1 aliphatic heterocycles. The molecule has 0 aliphatic carbocycles. The number of halogens is 3. The van der Waals surface area contributed by atoms with Crippen molar-refractivity contribution >= 4 is 58.8 Å². The molecule has 1 fully saturated rings. The second-order valence-electron chi connectivity index (χ2n) is 7.33. The summed E-state index contributed by atoms with van der Waals surface area (Å²) in [5.41, 5.74) is -0.342. The zero-order chi connectivity index (χ0) is 26.0. The monoisotopic (exact) mass is 528 g/mol. The maximum atomic E-state index is 14.2. The number of rotatable bonds is 5. The maximum Gasteiger partial charge on any atom is 0.345 e. The second kappa shape index (κ2) is 10.2. The Kier molecular flexibility index (Phi) is 7.05. The number of esters is 1. The summed E-state index contributed by atoms with van der Waals surface area (Å²) in [4.78, 5) is 50.7. The first-order valence-electron chi connectivity index (χ1n) is 10.2. The molecule has 0 bridgehead atoms. The molecule has 3 aromatic carbocycles. The largest absolute Gasteiger partial charge is 0.493 e. The van der Waals surface area contributed by atoms with Crippen molar-refractivity contribution in [3.8, 4) is 11.5 Å². The average molecular weight is 529 g/mol. The van der Waals surface area contributed by atoms with Crippen molar-refractivity contribution in [3.63, 3.8) is 0 Å². The van der Waals surface area contributed by atoms with Gasteiger partial charge in [-0.1, -0.05) is 41.4 Å². The summed E-state index contributed by atoms with van der Waals surface area (Å²) in [5.74, 6) is -3.40. The lowest BCUT2D eigenvalue weighted by Crippen LogP contribution is -2.54. The van der Waals surface area contributed by atoms with Crippen molar-refractivity contribution in [3.05, 3.63) is 93.2 Å². The quantitative estimate of drug-likeness (QED) is 0.216. The molecule has 1 saturated heterocycles. The number of nitrogens with zero attached hydrogens (tertiary/aromatic N) is 1. The molecular weight excluding hydrogens is 514 g/mol. The molecule has 0 atom stereocenters. The summed E-state index contributed by atoms with van der Waals surface area (Å²) in [7, 11) is 1.33. The zero-order valence-electron chi connectivity index (χ0n) is 18.4. The van der Waals surface area contributed by atoms with Gasteiger partial charge in [-0.15, -0.1) is 0 Å². The summed E-state index contributed by atoms with van der Waals surface area (Å²) in [5, 5.41) is 2.47. The van der Waals surface area contributed by atoms with Crippen molar-refractivity contribution in [1.29, 1.82) is 0 Å². The van der Waals surface area contributed by atoms with Crippen molar-refractivity contribution in [2.75, 3.05) is 12.0 Å². The van der Waals surface area contributed by atoms with Gasteiger partial charge >= 0.3 is 12.0 Å². The Morgan fingerprint density at radius 2 is 1.75 bits per heavy atom. The number of ether oxygens (including phenoxy) is 2. The van der Waals surface area contributed by atoms with E-state index in [1.54, 1.807) is 0 Å². The van der Waals surface area contributed by atoms with E-state index in [0.717, 1.165) is 6.07 Å². The molecule has 0 aromatic heterocycles. The van der Waals surface area contributed by atoms with Crippen LogP contribution in [0.3, 0.4) is 0 Å². The molecule has 36 heavy (non-hydrogen) atoms. The molecule has 182 valence electrons. The van der Waals surface area contributed by atoms with Crippen LogP contribution in [0.1, 0.15) is 15.9 Å². The molecular formula is C25H15Cl2FN2O6. The van der Waals surface area contributed by atoms with Crippen molar-refractivity contribution in [2.45, 2.75) is 0 Å². The van der Waals surface area contributed by atoms with E-state index in [-0.39, 0.29) is 27.8 Å². The number of anilines is 1. The van der Waals surface area contributed by atoms with E-state index >= 15 is 0 Å². The third-order valence-electron chi connectivity index (χ3n) is 5.05. The van der Waals surface area contributed by atoms with Gasteiger partial charge in [-0.05, 0) is 54.1 Å². The number of carbonyl (C=O) groups excluding carboxylic acids is 4. The summed E-state index contributed by atoms with van der Waals surface area (Å²) in [6.07, 6.45) is 1.20. The van der Waals surface area contributed by atoms with E-state index in [1.807, 2.05) is 5.32 Å². The Labute approximate surface area is 213 Å². The van der Waals surface area contributed by atoms with Crippen LogP contribution in [0.5, 0.6) is 11.5 Å². The van der Waals surface area contributed by atoms with Gasteiger partial charge in [0.2, 0.25) is 0 Å². The highest BCUT2D eigenvalue weighted by Gasteiger charge is 2.38. The van der Waals surface area contributed by atoms with Crippen molar-refractivity contribution in [1.82, 2.24) is 5.32 Å². The standard InChI is InChI=1S/C25H15Cl2FN2O6/c1-35-21-11-13(6-9-20(21)36-24(33)15-8-7-14(26)12-17(15)27)10-16-22(31)29-25(34)30(23(16)32)19-5-3-2-4-18(19)28/h2-12H,1H3,(H,29,31,34)/b16-10+. The van der Waals surface area contributed by atoms with Crippen molar-refractivity contribution in [2.24, 2.45) is 0 Å². The first-order chi connectivity index (χ1) is 17.2. The SMILES string of the molecule is COc1cc(/C=C2\C(=O)NC(=O)N(c3ccccc3F)C2=O)ccc1OC(=O)c1ccc(Cl)cc1Cl. The van der Waals surface area contributed by atoms with E-state index in [0.29, 0.717) is 15.5 Å². The number of carbonyl (C=O) groups is 4. The molecule has 11 heteroatoms. The van der Waals surface area contributed by atoms with Gasteiger partial charge in [0.1, 0.15) is 11.4 Å². The van der Waals surface area contributed by atoms with Crippen LogP contribution >= 0.6 is 23.2 Å². The van der Waals surface area contributed by atoms with Gasteiger partial charge in [-0.25, -0.2) is 18.9 Å². The van der Waals surface area contributed by atoms with Crippen LogP contribution in [0.2, 0.25) is 10.0 Å². The van der Waals surface area contributed by atoms with E-state index in [9.17, 15) is 23.6 Å². The number of para-hydroxylation sites is 1. The van der Waals surface area contributed by atoms with Crippen LogP contribution in [0.15, 0.2) is 66.2 Å². The van der Waals surface area contributed by atoms with Gasteiger partial charge in [-0.2, -0.15) is 0 Å². The lowest BCUT2D eigenvalue weighted by Gasteiger charge is -2.26. The Bertz CT molecular complexity index is 1460. The Morgan fingerprint density at radius 3 is 2.44 bits per heavy atom. The molecule has 1 aliphatic rings. The molecule has 4 amide bonds. The number of urea groups is 1. The lowest BCUT2D eigenvalue weighted by atomic mass is 10.1. The predicted molar refractivity (Wildman–Crippen MR) is 130 cm³/mol. The molecule has 0 radical (unpaired) electrons. The highest BCUT2D eigenvalue weighted by atomic mass is 35.5. The molecule has 1 heterocycles. The van der Waals surface area contributed by atoms with Crippen LogP contribution in [0.4, 0.5) is 14.9 Å². The van der Waals surface area contributed by atoms with E-state index < -0.39 is 35.2 Å². The predicted octanol–water partition coefficient (Wildman–Crippen LogP) is 5.03. The summed E-state index contributed by atoms with van der Waals surface area (Å²) in [6.45, 7) is 0. The number of benzene rings is 3. The van der Waals surface area contributed by atoms with E-state index in [1.165, 1.54) is 67.8 Å². The number of methoxy groups -OCH3 is 1. The smallest absolute Gasteiger partial charge is 0.345 e. The highest BCUT2D eigenvalue weighted by Crippen LogP contribution is 2.32. The van der Waals surface area contributed by atoms with Crippen LogP contribution in [-0.2, 0) is 9.59 Å². The minimum Gasteiger partial charge on any atom is -0.493 e. The third kappa shape index (κ3) is 4.93. The Morgan fingerprint density at radius 1 is 1.00 bits per heavy atom. The van der Waals surface area contributed by atoms with Crippen LogP contribution in [0.25, 0.3) is 6.08 Å². The molecule has 0 spiro atoms. The first-order valence-corrected chi connectivity index (χ1v) is 11.0. The summed E-state index contributed by atoms with van der Waals surface area (Å²) >= 11 is 11.9. The number of hydrogen-bond donors (Lipinski definition) is 1. The lowest BCUT2D eigenvalue weighted by molar-refractivity contribution is -0.122. The van der Waals surface area contributed by atoms with Gasteiger partial charge < -0.3 is 9.47 Å². The first kappa shape index (κ1) is 24.9. The number of barbiturate groups is 1. The van der Waals surface area contributed by atoms with Crippen molar-refractivity contribution < 1.29 is 33.0 Å². The van der Waals surface area contributed by atoms with Gasteiger partial charge in [0, 0.05) is 5.02 Å². The van der Waals surface area contributed by atoms with Gasteiger partial charge in [0.25, 0.3) is 11.8 Å². The zero-order valence-corrected chi connectivity index (χ0v) is 19.9. The highest BCUT2D eigenvalue weighted by molar-refractivity contribution is 6.39.